The molecule has 1 saturated heterocycles. The molecule has 0 radical (unpaired) electrons. The van der Waals surface area contributed by atoms with Crippen LogP contribution >= 0.6 is 11.6 Å². The van der Waals surface area contributed by atoms with E-state index in [0.29, 0.717) is 6.10 Å². The molecule has 16 heavy (non-hydrogen) atoms. The first-order valence-corrected chi connectivity index (χ1v) is 6.27. The lowest BCUT2D eigenvalue weighted by molar-refractivity contribution is 0.187. The van der Waals surface area contributed by atoms with Crippen molar-refractivity contribution >= 4 is 11.6 Å². The minimum absolute atomic E-state index is 0.343. The molecule has 1 unspecified atom stereocenters. The largest absolute Gasteiger partial charge is 0.490 e. The van der Waals surface area contributed by atoms with E-state index < -0.39 is 0 Å². The summed E-state index contributed by atoms with van der Waals surface area (Å²) in [4.78, 5) is 0. The lowest BCUT2D eigenvalue weighted by Gasteiger charge is -2.17. The van der Waals surface area contributed by atoms with Crippen molar-refractivity contribution in [1.29, 1.82) is 0 Å². The van der Waals surface area contributed by atoms with Crippen LogP contribution in [0.15, 0.2) is 18.2 Å². The number of benzene rings is 1. The van der Waals surface area contributed by atoms with Crippen LogP contribution in [0.4, 0.5) is 0 Å². The molecule has 1 heterocycles. The smallest absolute Gasteiger partial charge is 0.120 e. The fourth-order valence-electron chi connectivity index (χ4n) is 1.99. The molecule has 88 valence electrons. The van der Waals surface area contributed by atoms with E-state index in [0.717, 1.165) is 42.3 Å². The molecule has 2 nitrogen and oxygen atoms in total. The molecule has 1 aromatic rings. The van der Waals surface area contributed by atoms with Crippen molar-refractivity contribution in [2.24, 2.45) is 0 Å². The van der Waals surface area contributed by atoms with Gasteiger partial charge in [-0.1, -0.05) is 11.6 Å². The predicted molar refractivity (Wildman–Crippen MR) is 67.3 cm³/mol. The van der Waals surface area contributed by atoms with Crippen LogP contribution in [0.5, 0.6) is 5.75 Å². The molecule has 1 aliphatic rings. The minimum Gasteiger partial charge on any atom is -0.490 e. The Bertz CT molecular complexity index is 346. The zero-order valence-corrected chi connectivity index (χ0v) is 10.4. The van der Waals surface area contributed by atoms with Gasteiger partial charge in [0.1, 0.15) is 5.75 Å². The highest BCUT2D eigenvalue weighted by atomic mass is 35.5. The highest BCUT2D eigenvalue weighted by Gasteiger charge is 2.13. The van der Waals surface area contributed by atoms with E-state index in [1.807, 2.05) is 25.1 Å². The van der Waals surface area contributed by atoms with Crippen LogP contribution in [-0.2, 0) is 0 Å². The molecule has 0 aromatic heterocycles. The van der Waals surface area contributed by atoms with Gasteiger partial charge in [-0.15, -0.1) is 0 Å². The lowest BCUT2D eigenvalue weighted by Crippen LogP contribution is -2.19. The number of hydrogen-bond acceptors (Lipinski definition) is 2. The maximum absolute atomic E-state index is 5.98. The summed E-state index contributed by atoms with van der Waals surface area (Å²) >= 11 is 5.98. The molecular formula is C13H18ClNO. The first-order valence-electron chi connectivity index (χ1n) is 5.89. The molecule has 1 atom stereocenters. The molecule has 1 aliphatic heterocycles. The van der Waals surface area contributed by atoms with E-state index in [1.165, 1.54) is 6.42 Å². The topological polar surface area (TPSA) is 21.3 Å². The minimum atomic E-state index is 0.343. The second-order valence-electron chi connectivity index (χ2n) is 4.33. The average Bonchev–Trinajstić information content (AvgIpc) is 2.52. The molecule has 3 heteroatoms. The van der Waals surface area contributed by atoms with Gasteiger partial charge in [-0.3, -0.25) is 0 Å². The van der Waals surface area contributed by atoms with Crippen molar-refractivity contribution in [1.82, 2.24) is 5.32 Å². The van der Waals surface area contributed by atoms with Crippen molar-refractivity contribution in [2.45, 2.75) is 32.3 Å². The van der Waals surface area contributed by atoms with Crippen molar-refractivity contribution in [3.8, 4) is 5.75 Å². The summed E-state index contributed by atoms with van der Waals surface area (Å²) in [6, 6.07) is 5.87. The highest BCUT2D eigenvalue weighted by molar-refractivity contribution is 6.31. The number of aryl methyl sites for hydroxylation is 1. The third-order valence-corrected chi connectivity index (χ3v) is 3.38. The van der Waals surface area contributed by atoms with Crippen LogP contribution in [0.25, 0.3) is 0 Å². The Morgan fingerprint density at radius 1 is 1.31 bits per heavy atom. The average molecular weight is 240 g/mol. The first-order chi connectivity index (χ1) is 7.75. The number of hydrogen-bond donors (Lipinski definition) is 1. The summed E-state index contributed by atoms with van der Waals surface area (Å²) in [7, 11) is 0. The van der Waals surface area contributed by atoms with E-state index in [-0.39, 0.29) is 0 Å². The van der Waals surface area contributed by atoms with Gasteiger partial charge in [0.15, 0.2) is 0 Å². The Morgan fingerprint density at radius 3 is 3.00 bits per heavy atom. The zero-order valence-electron chi connectivity index (χ0n) is 9.63. The Hall–Kier alpha value is -0.730. The third-order valence-electron chi connectivity index (χ3n) is 2.95. The van der Waals surface area contributed by atoms with Crippen LogP contribution in [0.1, 0.15) is 24.8 Å². The van der Waals surface area contributed by atoms with E-state index in [2.05, 4.69) is 5.32 Å². The molecular weight excluding hydrogens is 222 g/mol. The van der Waals surface area contributed by atoms with Gasteiger partial charge < -0.3 is 10.1 Å². The van der Waals surface area contributed by atoms with Gasteiger partial charge in [-0.05, 0) is 63.0 Å². The monoisotopic (exact) mass is 239 g/mol. The van der Waals surface area contributed by atoms with Crippen LogP contribution in [0.2, 0.25) is 5.02 Å². The third kappa shape index (κ3) is 3.13. The van der Waals surface area contributed by atoms with Crippen LogP contribution in [0, 0.1) is 6.92 Å². The Morgan fingerprint density at radius 2 is 2.19 bits per heavy atom. The van der Waals surface area contributed by atoms with E-state index in [4.69, 9.17) is 16.3 Å². The molecule has 1 aromatic carbocycles. The van der Waals surface area contributed by atoms with Crippen LogP contribution < -0.4 is 10.1 Å². The highest BCUT2D eigenvalue weighted by Crippen LogP contribution is 2.23. The normalized spacial score (nSPS) is 21.5. The van der Waals surface area contributed by atoms with Crippen LogP contribution in [0.3, 0.4) is 0 Å². The van der Waals surface area contributed by atoms with E-state index >= 15 is 0 Å². The van der Waals surface area contributed by atoms with Crippen molar-refractivity contribution in [2.75, 3.05) is 13.1 Å². The van der Waals surface area contributed by atoms with Crippen molar-refractivity contribution in [3.63, 3.8) is 0 Å². The molecule has 2 rings (SSSR count). The quantitative estimate of drug-likeness (QED) is 0.856. The number of ether oxygens (including phenoxy) is 1. The molecule has 0 saturated carbocycles. The van der Waals surface area contributed by atoms with E-state index in [1.54, 1.807) is 0 Å². The van der Waals surface area contributed by atoms with E-state index in [9.17, 15) is 0 Å². The standard InChI is InChI=1S/C13H18ClNO/c1-10-9-12(4-5-13(10)14)16-11-3-2-7-15-8-6-11/h4-5,9,11,15H,2-3,6-8H2,1H3. The van der Waals surface area contributed by atoms with Crippen molar-refractivity contribution in [3.05, 3.63) is 28.8 Å². The van der Waals surface area contributed by atoms with Crippen LogP contribution in [-0.4, -0.2) is 19.2 Å². The fraction of sp³-hybridized carbons (Fsp3) is 0.538. The van der Waals surface area contributed by atoms with Gasteiger partial charge in [0, 0.05) is 5.02 Å². The summed E-state index contributed by atoms with van der Waals surface area (Å²) in [6.07, 6.45) is 3.75. The maximum Gasteiger partial charge on any atom is 0.120 e. The maximum atomic E-state index is 5.98. The zero-order chi connectivity index (χ0) is 11.4. The summed E-state index contributed by atoms with van der Waals surface area (Å²) < 4.78 is 5.97. The van der Waals surface area contributed by atoms with Gasteiger partial charge in [0.25, 0.3) is 0 Å². The lowest BCUT2D eigenvalue weighted by atomic mass is 10.1. The number of halogens is 1. The molecule has 1 N–H and O–H groups in total. The second-order valence-corrected chi connectivity index (χ2v) is 4.74. The SMILES string of the molecule is Cc1cc(OC2CCCNCC2)ccc1Cl. The second kappa shape index (κ2) is 5.55. The summed E-state index contributed by atoms with van der Waals surface area (Å²) in [5.74, 6) is 0.939. The molecule has 0 amide bonds. The van der Waals surface area contributed by atoms with Gasteiger partial charge in [-0.2, -0.15) is 0 Å². The molecule has 0 spiro atoms. The molecule has 1 fully saturated rings. The molecule has 0 aliphatic carbocycles. The Balaban J connectivity index is 1.99. The fourth-order valence-corrected chi connectivity index (χ4v) is 2.11. The Kier molecular flexibility index (Phi) is 4.08. The summed E-state index contributed by atoms with van der Waals surface area (Å²) in [6.45, 7) is 4.17. The number of nitrogens with one attached hydrogen (secondary N) is 1. The Labute approximate surface area is 102 Å². The molecule has 0 bridgehead atoms. The van der Waals surface area contributed by atoms with Gasteiger partial charge >= 0.3 is 0 Å². The van der Waals surface area contributed by atoms with Gasteiger partial charge in [0.05, 0.1) is 6.10 Å². The summed E-state index contributed by atoms with van der Waals surface area (Å²) in [5, 5.41) is 4.18. The summed E-state index contributed by atoms with van der Waals surface area (Å²) in [5.41, 5.74) is 1.07. The number of rotatable bonds is 2. The van der Waals surface area contributed by atoms with Gasteiger partial charge in [-0.25, -0.2) is 0 Å². The van der Waals surface area contributed by atoms with Crippen molar-refractivity contribution < 1.29 is 4.74 Å². The predicted octanol–water partition coefficient (Wildman–Crippen LogP) is 3.17. The first kappa shape index (κ1) is 11.7. The van der Waals surface area contributed by atoms with Gasteiger partial charge in [0.2, 0.25) is 0 Å².